The molecule has 0 aromatic carbocycles. The van der Waals surface area contributed by atoms with Crippen molar-refractivity contribution in [1.29, 1.82) is 21.0 Å². The number of nitrogens with zero attached hydrogens (tertiary/aromatic N) is 4. The van der Waals surface area contributed by atoms with E-state index in [1.54, 1.807) is 74.7 Å². The molecule has 0 spiro atoms. The van der Waals surface area contributed by atoms with Crippen LogP contribution in [-0.2, 0) is 76.3 Å². The molecule has 4 atom stereocenters. The molecule has 0 aliphatic rings. The predicted molar refractivity (Wildman–Crippen MR) is 639 cm³/mol. The van der Waals surface area contributed by atoms with Gasteiger partial charge < -0.3 is 37.9 Å². The van der Waals surface area contributed by atoms with Crippen LogP contribution in [0.2, 0.25) is 0 Å². The normalized spacial score (nSPS) is 13.4. The van der Waals surface area contributed by atoms with Crippen LogP contribution in [0.4, 0.5) is 0 Å². The average Bonchev–Trinajstić information content (AvgIpc) is 0.850. The Balaban J connectivity index is 6.21. The number of hydrogen-bond acceptors (Lipinski definition) is 40. The molecule has 0 amide bonds. The Morgan fingerprint density at radius 1 is 0.220 bits per heavy atom. The zero-order valence-electron chi connectivity index (χ0n) is 85.9. The summed E-state index contributed by atoms with van der Waals surface area (Å²) in [5.74, 6) is 2.02. The molecule has 0 aromatic rings. The maximum atomic E-state index is 13.7. The van der Waals surface area contributed by atoms with Gasteiger partial charge in [-0.3, -0.25) is 38.4 Å². The number of unbranched alkanes of at least 4 members (excludes halogenated alkanes) is 36. The van der Waals surface area contributed by atoms with Gasteiger partial charge in [0.2, 0.25) is 0 Å². The second-order valence-corrected chi connectivity index (χ2v) is 61.5. The van der Waals surface area contributed by atoms with Gasteiger partial charge in [0.1, 0.15) is 91.4 Å². The van der Waals surface area contributed by atoms with Crippen molar-refractivity contribution in [3.63, 3.8) is 0 Å². The monoisotopic (exact) mass is 2330 g/mol. The summed E-state index contributed by atoms with van der Waals surface area (Å²) >= 11 is 34.2. The van der Waals surface area contributed by atoms with Gasteiger partial charge in [-0.2, -0.15) is 21.0 Å². The van der Waals surface area contributed by atoms with Crippen LogP contribution in [0.15, 0.2) is 0 Å². The lowest BCUT2D eigenvalue weighted by molar-refractivity contribution is -0.170. The zero-order chi connectivity index (χ0) is 104. The molecule has 0 aliphatic carbocycles. The SMILES string of the molecule is CCCCCCCCCCCCSC(=S)SC(C)(C#N)CCC(=O)OCCSSCCC(=O)OCC(COC(=O)CCSSCCOC(=O)CCC(C)(C#N)SC(=S)SCCCCCCCCCCCC)(COC(=O)CCSSCCOC(=O)CCC(C)(C#N)SC(=S)SCCCCCCCCCCCC)COC(=O)CCSSCCOC(=O)CCC(C)(C#N)SC(=S)SCCCCCCCCCCCC. The Labute approximate surface area is 938 Å². The second-order valence-electron chi connectivity index (χ2n) is 35.5. The van der Waals surface area contributed by atoms with E-state index in [0.717, 1.165) is 74.4 Å². The molecule has 0 radical (unpaired) electrons. The van der Waals surface area contributed by atoms with Crippen LogP contribution in [0.5, 0.6) is 0 Å². The highest BCUT2D eigenvalue weighted by Gasteiger charge is 2.39. The Hall–Kier alpha value is -0.320. The number of carbonyl (C=O) groups excluding carboxylic acids is 8. The topological polar surface area (TPSA) is 306 Å². The van der Waals surface area contributed by atoms with Gasteiger partial charge in [0.25, 0.3) is 0 Å². The Morgan fingerprint density at radius 3 is 0.546 bits per heavy atom. The molecule has 141 heavy (non-hydrogen) atoms. The number of hydrogen-bond donors (Lipinski definition) is 0. The van der Waals surface area contributed by atoms with E-state index in [4.69, 9.17) is 86.8 Å². The lowest BCUT2D eigenvalue weighted by Crippen LogP contribution is -2.44. The minimum Gasteiger partial charge on any atom is -0.465 e. The summed E-state index contributed by atoms with van der Waals surface area (Å²) in [6.07, 6.45) is 50.8. The van der Waals surface area contributed by atoms with Crippen LogP contribution in [-0.4, -0.2) is 203 Å². The van der Waals surface area contributed by atoms with Crippen molar-refractivity contribution in [3.8, 4) is 24.3 Å². The number of esters is 8. The number of nitriles is 4. The third-order valence-corrected chi connectivity index (χ3v) is 42.9. The van der Waals surface area contributed by atoms with Crippen LogP contribution in [0.3, 0.4) is 0 Å². The lowest BCUT2D eigenvalue weighted by atomic mass is 9.92. The molecule has 0 heterocycles. The summed E-state index contributed by atoms with van der Waals surface area (Å²) in [5, 5.41) is 40.5. The molecule has 0 N–H and O–H groups in total. The van der Waals surface area contributed by atoms with Crippen molar-refractivity contribution >= 4 is 291 Å². The first-order valence-electron chi connectivity index (χ1n) is 51.4. The average molecular weight is 2340 g/mol. The van der Waals surface area contributed by atoms with Crippen molar-refractivity contribution < 1.29 is 76.3 Å². The quantitative estimate of drug-likeness (QED) is 0.0180. The second kappa shape index (κ2) is 97.9. The fourth-order valence-electron chi connectivity index (χ4n) is 13.2. The van der Waals surface area contributed by atoms with Gasteiger partial charge >= 0.3 is 47.8 Å². The number of thiocarbonyl (C=S) groups is 4. The van der Waals surface area contributed by atoms with Gasteiger partial charge in [0.05, 0.1) is 50.0 Å². The smallest absolute Gasteiger partial charge is 0.306 e. The van der Waals surface area contributed by atoms with Gasteiger partial charge in [-0.05, 0) is 102 Å². The molecule has 40 heteroatoms. The maximum Gasteiger partial charge on any atom is 0.306 e. The van der Waals surface area contributed by atoms with Crippen molar-refractivity contribution in [2.24, 2.45) is 5.41 Å². The molecular formula is C101H168N4O16S20. The van der Waals surface area contributed by atoms with E-state index in [1.165, 1.54) is 339 Å². The van der Waals surface area contributed by atoms with Crippen LogP contribution < -0.4 is 0 Å². The van der Waals surface area contributed by atoms with Gasteiger partial charge in [0.15, 0.2) is 0 Å². The zero-order valence-corrected chi connectivity index (χ0v) is 102. The minimum absolute atomic E-state index is 0.0409. The standard InChI is InChI=1S/C101H168N4O16S20/c1-9-13-17-21-25-29-33-37-41-45-65-126-93(122)138-97(5,77-102)57-49-85(106)114-61-73-134-130-69-53-89(110)118-81-101(82-119-90(111)54-70-131-135-74-62-115-86(107)50-58-98(6,78-103)139-94(123)127-66-46-42-38-34-30-26-22-18-14-10-2,83-120-91(112)55-71-132-136-75-63-116-87(108)51-59-99(7,79-104)140-95(124)128-67-47-43-39-35-31-27-23-19-15-11-3)84-121-92(113)56-72-133-137-76-64-117-88(109)52-60-100(8,80-105)141-96(125)129-68-48-44-40-36-32-28-24-20-16-12-4/h9-76,81-84H2,1-8H3. The maximum absolute atomic E-state index is 13.7. The van der Waals surface area contributed by atoms with Crippen molar-refractivity contribution in [2.45, 2.75) is 408 Å². The fraction of sp³-hybridized carbons (Fsp3) is 0.842. The molecule has 0 fully saturated rings. The highest BCUT2D eigenvalue weighted by Crippen LogP contribution is 2.41. The summed E-state index contributed by atoms with van der Waals surface area (Å²) in [6, 6.07) is 9.38. The van der Waals surface area contributed by atoms with E-state index in [-0.39, 0.29) is 126 Å². The van der Waals surface area contributed by atoms with Crippen molar-refractivity contribution in [1.82, 2.24) is 0 Å². The highest BCUT2D eigenvalue weighted by molar-refractivity contribution is 8.77. The number of ether oxygens (including phenoxy) is 8. The first-order chi connectivity index (χ1) is 68.0. The molecular weight excluding hydrogens is 2170 g/mol. The molecule has 0 saturated heterocycles. The van der Waals surface area contributed by atoms with E-state index >= 15 is 0 Å². The van der Waals surface area contributed by atoms with Crippen molar-refractivity contribution in [3.05, 3.63) is 0 Å². The van der Waals surface area contributed by atoms with Crippen LogP contribution in [0, 0.1) is 50.7 Å². The number of carbonyl (C=O) groups is 8. The Kier molecular flexibility index (Phi) is 97.6. The molecule has 808 valence electrons. The summed E-state index contributed by atoms with van der Waals surface area (Å²) in [5.41, 5.74) is -1.60. The lowest BCUT2D eigenvalue weighted by Gasteiger charge is -2.31. The summed E-state index contributed by atoms with van der Waals surface area (Å²) in [6.45, 7) is 14.5. The van der Waals surface area contributed by atoms with Gasteiger partial charge in [-0.25, -0.2) is 0 Å². The predicted octanol–water partition coefficient (Wildman–Crippen LogP) is 32.3. The van der Waals surface area contributed by atoms with Gasteiger partial charge in [0, 0.05) is 71.7 Å². The van der Waals surface area contributed by atoms with Gasteiger partial charge in [-0.1, -0.05) is 441 Å². The molecule has 4 unspecified atom stereocenters. The molecule has 0 rings (SSSR count). The highest BCUT2D eigenvalue weighted by atomic mass is 33.1. The molecule has 0 aliphatic heterocycles. The number of thioether (sulfide) groups is 8. The third-order valence-electron chi connectivity index (χ3n) is 22.0. The van der Waals surface area contributed by atoms with Crippen molar-refractivity contribution in [2.75, 3.05) is 122 Å². The first kappa shape index (κ1) is 141. The largest absolute Gasteiger partial charge is 0.465 e. The molecule has 0 bridgehead atoms. The van der Waals surface area contributed by atoms with Crippen LogP contribution in [0.25, 0.3) is 0 Å². The fourth-order valence-corrected chi connectivity index (χ4v) is 32.3. The Morgan fingerprint density at radius 2 is 0.376 bits per heavy atom. The van der Waals surface area contributed by atoms with E-state index in [2.05, 4.69) is 52.0 Å². The molecule has 0 saturated carbocycles. The summed E-state index contributed by atoms with van der Waals surface area (Å²) < 4.78 is 44.9. The number of rotatable bonds is 96. The Bertz CT molecular complexity index is 3100. The van der Waals surface area contributed by atoms with Gasteiger partial charge in [-0.15, -0.1) is 47.0 Å². The molecule has 0 aromatic heterocycles. The first-order valence-corrected chi connectivity index (χ1v) is 70.1. The summed E-state index contributed by atoms with van der Waals surface area (Å²) in [4.78, 5) is 107. The van der Waals surface area contributed by atoms with E-state index in [1.807, 2.05) is 0 Å². The van der Waals surface area contributed by atoms with E-state index in [0.29, 0.717) is 37.1 Å². The van der Waals surface area contributed by atoms with Crippen LogP contribution in [0.1, 0.15) is 389 Å². The third kappa shape index (κ3) is 89.8. The minimum atomic E-state index is -1.60. The van der Waals surface area contributed by atoms with E-state index in [9.17, 15) is 59.4 Å². The van der Waals surface area contributed by atoms with E-state index < -0.39 is 98.6 Å². The van der Waals surface area contributed by atoms with Crippen LogP contribution >= 0.6 is 229 Å². The summed E-state index contributed by atoms with van der Waals surface area (Å²) in [7, 11) is 11.0. The molecule has 20 nitrogen and oxygen atoms in total.